The Hall–Kier alpha value is -4.23. The van der Waals surface area contributed by atoms with E-state index >= 15 is 0 Å². The molecule has 0 aliphatic heterocycles. The summed E-state index contributed by atoms with van der Waals surface area (Å²) in [6.07, 6.45) is 6.30. The van der Waals surface area contributed by atoms with Gasteiger partial charge in [0.1, 0.15) is 17.2 Å². The molecular formula is C31H29NO5S. The van der Waals surface area contributed by atoms with E-state index in [0.717, 1.165) is 24.2 Å². The summed E-state index contributed by atoms with van der Waals surface area (Å²) in [6, 6.07) is 22.7. The van der Waals surface area contributed by atoms with Gasteiger partial charge in [0.15, 0.2) is 0 Å². The van der Waals surface area contributed by atoms with E-state index in [-0.39, 0.29) is 5.97 Å². The van der Waals surface area contributed by atoms with Crippen LogP contribution in [0, 0.1) is 0 Å². The lowest BCUT2D eigenvalue weighted by atomic mass is 10.2. The number of thiophene rings is 1. The number of nitrogens with zero attached hydrogens (tertiary/aromatic N) is 1. The van der Waals surface area contributed by atoms with Crippen LogP contribution < -0.4 is 14.2 Å². The van der Waals surface area contributed by atoms with Gasteiger partial charge in [-0.3, -0.25) is 4.99 Å². The van der Waals surface area contributed by atoms with Crippen molar-refractivity contribution in [2.75, 3.05) is 6.61 Å². The predicted octanol–water partition coefficient (Wildman–Crippen LogP) is 7.90. The predicted molar refractivity (Wildman–Crippen MR) is 150 cm³/mol. The minimum Gasteiger partial charge on any atom is -0.494 e. The molecule has 38 heavy (non-hydrogen) atoms. The molecule has 0 amide bonds. The molecule has 0 saturated heterocycles. The molecule has 3 aromatic carbocycles. The van der Waals surface area contributed by atoms with Crippen molar-refractivity contribution in [1.82, 2.24) is 0 Å². The number of ether oxygens (including phenoxy) is 3. The average molecular weight is 528 g/mol. The quantitative estimate of drug-likeness (QED) is 0.0810. The molecule has 0 bridgehead atoms. The van der Waals surface area contributed by atoms with E-state index in [2.05, 4.69) is 11.9 Å². The van der Waals surface area contributed by atoms with E-state index in [0.29, 0.717) is 34.9 Å². The first kappa shape index (κ1) is 26.8. The fourth-order valence-corrected chi connectivity index (χ4v) is 4.12. The highest BCUT2D eigenvalue weighted by atomic mass is 32.1. The SMILES string of the molecule is CCCCCCOc1ccc(C(=O)Oc2ccc(N=Cc3ccc(OC(=O)c4ccsc4)cc3)cc2)cc1. The molecule has 4 rings (SSSR count). The standard InChI is InChI=1S/C31H29NO5S/c1-2-3-4-5-19-35-27-14-8-24(9-15-27)30(33)36-29-16-10-26(11-17-29)32-21-23-6-12-28(13-7-23)37-31(34)25-18-20-38-22-25/h6-18,20-22H,2-5,19H2,1H3. The second-order valence-electron chi connectivity index (χ2n) is 8.55. The second kappa shape index (κ2) is 13.9. The van der Waals surface area contributed by atoms with Crippen LogP contribution in [0.25, 0.3) is 0 Å². The summed E-state index contributed by atoms with van der Waals surface area (Å²) in [5.74, 6) is 0.827. The molecule has 0 saturated carbocycles. The Kier molecular flexibility index (Phi) is 9.82. The van der Waals surface area contributed by atoms with E-state index < -0.39 is 5.97 Å². The van der Waals surface area contributed by atoms with Gasteiger partial charge in [0, 0.05) is 11.6 Å². The molecule has 0 fully saturated rings. The Morgan fingerprint density at radius 1 is 0.737 bits per heavy atom. The number of unbranched alkanes of at least 4 members (excludes halogenated alkanes) is 3. The molecule has 0 aliphatic rings. The molecule has 1 heterocycles. The van der Waals surface area contributed by atoms with Gasteiger partial charge in [0.2, 0.25) is 0 Å². The van der Waals surface area contributed by atoms with E-state index in [1.54, 1.807) is 78.3 Å². The third kappa shape index (κ3) is 8.15. The summed E-state index contributed by atoms with van der Waals surface area (Å²) >= 11 is 1.44. The van der Waals surface area contributed by atoms with Gasteiger partial charge in [0.25, 0.3) is 0 Å². The van der Waals surface area contributed by atoms with Crippen LogP contribution in [-0.2, 0) is 0 Å². The van der Waals surface area contributed by atoms with Crippen molar-refractivity contribution in [3.05, 3.63) is 106 Å². The van der Waals surface area contributed by atoms with Crippen LogP contribution in [0.3, 0.4) is 0 Å². The second-order valence-corrected chi connectivity index (χ2v) is 9.33. The largest absolute Gasteiger partial charge is 0.494 e. The highest BCUT2D eigenvalue weighted by Gasteiger charge is 2.10. The summed E-state index contributed by atoms with van der Waals surface area (Å²) < 4.78 is 16.6. The molecule has 0 unspecified atom stereocenters. The third-order valence-corrected chi connectivity index (χ3v) is 6.30. The minimum absolute atomic E-state index is 0.382. The number of hydrogen-bond donors (Lipinski definition) is 0. The first-order valence-corrected chi connectivity index (χ1v) is 13.5. The molecule has 0 N–H and O–H groups in total. The number of esters is 2. The molecule has 1 aromatic heterocycles. The van der Waals surface area contributed by atoms with Gasteiger partial charge in [-0.05, 0) is 96.2 Å². The van der Waals surface area contributed by atoms with E-state index in [1.165, 1.54) is 24.2 Å². The Labute approximate surface area is 226 Å². The van der Waals surface area contributed by atoms with Gasteiger partial charge in [-0.2, -0.15) is 11.3 Å². The van der Waals surface area contributed by atoms with Crippen molar-refractivity contribution >= 4 is 35.2 Å². The zero-order valence-electron chi connectivity index (χ0n) is 21.2. The maximum Gasteiger partial charge on any atom is 0.344 e. The normalized spacial score (nSPS) is 10.9. The van der Waals surface area contributed by atoms with E-state index in [1.807, 2.05) is 17.5 Å². The topological polar surface area (TPSA) is 74.2 Å². The molecule has 194 valence electrons. The van der Waals surface area contributed by atoms with Crippen LogP contribution in [0.5, 0.6) is 17.2 Å². The molecule has 7 heteroatoms. The molecule has 6 nitrogen and oxygen atoms in total. The van der Waals surface area contributed by atoms with Gasteiger partial charge in [-0.1, -0.05) is 26.2 Å². The van der Waals surface area contributed by atoms with Crippen LogP contribution in [0.15, 0.2) is 94.6 Å². The lowest BCUT2D eigenvalue weighted by molar-refractivity contribution is 0.0725. The summed E-state index contributed by atoms with van der Waals surface area (Å²) in [4.78, 5) is 29.0. The summed E-state index contributed by atoms with van der Waals surface area (Å²) in [7, 11) is 0. The van der Waals surface area contributed by atoms with Gasteiger partial charge in [-0.25, -0.2) is 9.59 Å². The molecule has 0 atom stereocenters. The van der Waals surface area contributed by atoms with Crippen LogP contribution in [-0.4, -0.2) is 24.8 Å². The Morgan fingerprint density at radius 2 is 1.37 bits per heavy atom. The average Bonchev–Trinajstić information content (AvgIpc) is 3.49. The molecule has 4 aromatic rings. The van der Waals surface area contributed by atoms with Crippen molar-refractivity contribution < 1.29 is 23.8 Å². The first-order valence-electron chi connectivity index (χ1n) is 12.5. The monoisotopic (exact) mass is 527 g/mol. The van der Waals surface area contributed by atoms with Crippen molar-refractivity contribution in [1.29, 1.82) is 0 Å². The van der Waals surface area contributed by atoms with E-state index in [4.69, 9.17) is 14.2 Å². The first-order chi connectivity index (χ1) is 18.6. The third-order valence-electron chi connectivity index (χ3n) is 5.61. The smallest absolute Gasteiger partial charge is 0.344 e. The molecule has 0 aliphatic carbocycles. The highest BCUT2D eigenvalue weighted by Crippen LogP contribution is 2.21. The van der Waals surface area contributed by atoms with Crippen molar-refractivity contribution in [2.24, 2.45) is 4.99 Å². The van der Waals surface area contributed by atoms with Crippen LogP contribution in [0.1, 0.15) is 58.9 Å². The summed E-state index contributed by atoms with van der Waals surface area (Å²) in [5, 5.41) is 3.58. The van der Waals surface area contributed by atoms with Gasteiger partial charge in [-0.15, -0.1) is 0 Å². The molecular weight excluding hydrogens is 498 g/mol. The van der Waals surface area contributed by atoms with E-state index in [9.17, 15) is 9.59 Å². The number of carbonyl (C=O) groups is 2. The highest BCUT2D eigenvalue weighted by molar-refractivity contribution is 7.08. The zero-order valence-corrected chi connectivity index (χ0v) is 22.0. The number of benzene rings is 3. The minimum atomic E-state index is -0.435. The fraction of sp³-hybridized carbons (Fsp3) is 0.194. The molecule has 0 radical (unpaired) electrons. The van der Waals surface area contributed by atoms with Crippen LogP contribution >= 0.6 is 11.3 Å². The zero-order chi connectivity index (χ0) is 26.6. The number of hydrogen-bond acceptors (Lipinski definition) is 7. The Bertz CT molecular complexity index is 1330. The Balaban J connectivity index is 1.25. The van der Waals surface area contributed by atoms with Gasteiger partial charge >= 0.3 is 11.9 Å². The molecule has 0 spiro atoms. The maximum atomic E-state index is 12.5. The van der Waals surface area contributed by atoms with Gasteiger partial charge < -0.3 is 14.2 Å². The summed E-state index contributed by atoms with van der Waals surface area (Å²) in [6.45, 7) is 2.86. The van der Waals surface area contributed by atoms with Crippen molar-refractivity contribution in [2.45, 2.75) is 32.6 Å². The maximum absolute atomic E-state index is 12.5. The van der Waals surface area contributed by atoms with Crippen LogP contribution in [0.2, 0.25) is 0 Å². The summed E-state index contributed by atoms with van der Waals surface area (Å²) in [5.41, 5.74) is 2.54. The number of rotatable bonds is 12. The lowest BCUT2D eigenvalue weighted by Gasteiger charge is -2.08. The Morgan fingerprint density at radius 3 is 2.00 bits per heavy atom. The van der Waals surface area contributed by atoms with Crippen molar-refractivity contribution in [3.63, 3.8) is 0 Å². The number of aliphatic imine (C=N–C) groups is 1. The fourth-order valence-electron chi connectivity index (χ4n) is 3.49. The lowest BCUT2D eigenvalue weighted by Crippen LogP contribution is -2.08. The number of carbonyl (C=O) groups excluding carboxylic acids is 2. The van der Waals surface area contributed by atoms with Gasteiger partial charge in [0.05, 0.1) is 23.4 Å². The van der Waals surface area contributed by atoms with Crippen LogP contribution in [0.4, 0.5) is 5.69 Å². The van der Waals surface area contributed by atoms with Crippen molar-refractivity contribution in [3.8, 4) is 17.2 Å².